The fourth-order valence-corrected chi connectivity index (χ4v) is 5.37. The number of sulfone groups is 1. The van der Waals surface area contributed by atoms with Crippen LogP contribution < -0.4 is 14.8 Å². The van der Waals surface area contributed by atoms with E-state index in [-0.39, 0.29) is 21.8 Å². The highest BCUT2D eigenvalue weighted by molar-refractivity contribution is 7.93. The van der Waals surface area contributed by atoms with Gasteiger partial charge in [0.1, 0.15) is 4.21 Å². The fourth-order valence-electron chi connectivity index (χ4n) is 2.74. The van der Waals surface area contributed by atoms with Gasteiger partial charge in [-0.15, -0.1) is 11.3 Å². The normalized spacial score (nSPS) is 12.8. The highest BCUT2D eigenvalue weighted by Gasteiger charge is 2.21. The summed E-state index contributed by atoms with van der Waals surface area (Å²) >= 11 is 0.958. The van der Waals surface area contributed by atoms with E-state index in [4.69, 9.17) is 9.47 Å². The quantitative estimate of drug-likeness (QED) is 0.689. The third-order valence-electron chi connectivity index (χ3n) is 4.29. The maximum atomic E-state index is 12.7. The molecule has 2 aromatic carbocycles. The Balaban J connectivity index is 1.46. The van der Waals surface area contributed by atoms with E-state index in [1.54, 1.807) is 30.3 Å². The molecule has 3 aromatic rings. The van der Waals surface area contributed by atoms with Crippen molar-refractivity contribution in [3.63, 3.8) is 0 Å². The van der Waals surface area contributed by atoms with Crippen molar-refractivity contribution in [1.29, 1.82) is 0 Å². The highest BCUT2D eigenvalue weighted by atomic mass is 32.2. The number of hydrogen-bond acceptors (Lipinski definition) is 6. The molecule has 4 rings (SSSR count). The van der Waals surface area contributed by atoms with Crippen molar-refractivity contribution in [2.45, 2.75) is 22.6 Å². The molecule has 144 valence electrons. The minimum Gasteiger partial charge on any atom is -0.454 e. The van der Waals surface area contributed by atoms with Gasteiger partial charge in [0, 0.05) is 6.54 Å². The van der Waals surface area contributed by atoms with Gasteiger partial charge in [0.05, 0.1) is 9.77 Å². The lowest BCUT2D eigenvalue weighted by molar-refractivity contribution is 0.0955. The van der Waals surface area contributed by atoms with Crippen LogP contribution in [0.25, 0.3) is 0 Å². The molecule has 0 atom stereocenters. The smallest absolute Gasteiger partial charge is 0.261 e. The second-order valence-corrected chi connectivity index (χ2v) is 9.57. The van der Waals surface area contributed by atoms with E-state index >= 15 is 0 Å². The number of aryl methyl sites for hydroxylation is 1. The molecule has 0 saturated carbocycles. The van der Waals surface area contributed by atoms with Gasteiger partial charge in [-0.3, -0.25) is 4.79 Å². The predicted molar refractivity (Wildman–Crippen MR) is 105 cm³/mol. The first-order valence-corrected chi connectivity index (χ1v) is 10.8. The first kappa shape index (κ1) is 18.5. The molecule has 0 saturated heterocycles. The lowest BCUT2D eigenvalue weighted by Crippen LogP contribution is -2.21. The summed E-state index contributed by atoms with van der Waals surface area (Å²) in [7, 11) is -3.63. The van der Waals surface area contributed by atoms with Crippen LogP contribution in [0.3, 0.4) is 0 Å². The summed E-state index contributed by atoms with van der Waals surface area (Å²) in [5.74, 6) is 1.00. The molecular weight excluding hydrogens is 398 g/mol. The zero-order chi connectivity index (χ0) is 19.7. The van der Waals surface area contributed by atoms with Crippen molar-refractivity contribution >= 4 is 27.1 Å². The van der Waals surface area contributed by atoms with Crippen LogP contribution in [0.2, 0.25) is 0 Å². The molecule has 0 radical (unpaired) electrons. The molecule has 28 heavy (non-hydrogen) atoms. The van der Waals surface area contributed by atoms with Gasteiger partial charge >= 0.3 is 0 Å². The minimum atomic E-state index is -3.63. The number of ether oxygens (including phenoxy) is 2. The average Bonchev–Trinajstić information content (AvgIpc) is 3.36. The van der Waals surface area contributed by atoms with E-state index in [1.165, 1.54) is 12.1 Å². The summed E-state index contributed by atoms with van der Waals surface area (Å²) in [5.41, 5.74) is 1.84. The number of benzene rings is 2. The monoisotopic (exact) mass is 415 g/mol. The first-order chi connectivity index (χ1) is 13.4. The summed E-state index contributed by atoms with van der Waals surface area (Å²) < 4.78 is 36.2. The maximum absolute atomic E-state index is 12.7. The zero-order valence-electron chi connectivity index (χ0n) is 15.0. The van der Waals surface area contributed by atoms with Gasteiger partial charge in [-0.05, 0) is 48.9 Å². The van der Waals surface area contributed by atoms with Crippen molar-refractivity contribution < 1.29 is 22.7 Å². The second kappa shape index (κ2) is 7.29. The van der Waals surface area contributed by atoms with Crippen LogP contribution in [0, 0.1) is 6.92 Å². The number of thiophene rings is 1. The van der Waals surface area contributed by atoms with Crippen LogP contribution in [0.1, 0.15) is 20.8 Å². The van der Waals surface area contributed by atoms with Gasteiger partial charge in [-0.25, -0.2) is 8.42 Å². The van der Waals surface area contributed by atoms with Gasteiger partial charge in [0.15, 0.2) is 11.5 Å². The number of rotatable bonds is 5. The summed E-state index contributed by atoms with van der Waals surface area (Å²) in [6.07, 6.45) is 0. The largest absolute Gasteiger partial charge is 0.454 e. The topological polar surface area (TPSA) is 81.7 Å². The SMILES string of the molecule is Cc1ccc(S(=O)(=O)c2ccc(C(=O)NCc3ccc4c(c3)OCO4)s2)cc1. The van der Waals surface area contributed by atoms with E-state index < -0.39 is 9.84 Å². The van der Waals surface area contributed by atoms with E-state index in [9.17, 15) is 13.2 Å². The molecule has 1 aliphatic rings. The average molecular weight is 415 g/mol. The van der Waals surface area contributed by atoms with E-state index in [1.807, 2.05) is 19.1 Å². The molecule has 2 heterocycles. The molecule has 8 heteroatoms. The number of nitrogens with one attached hydrogen (secondary N) is 1. The molecule has 1 aromatic heterocycles. The van der Waals surface area contributed by atoms with E-state index in [0.717, 1.165) is 22.5 Å². The van der Waals surface area contributed by atoms with E-state index in [2.05, 4.69) is 5.32 Å². The van der Waals surface area contributed by atoms with Crippen molar-refractivity contribution in [2.24, 2.45) is 0 Å². The predicted octanol–water partition coefficient (Wildman–Crippen LogP) is 3.55. The van der Waals surface area contributed by atoms with Crippen LogP contribution >= 0.6 is 11.3 Å². The Labute approximate surface area is 166 Å². The summed E-state index contributed by atoms with van der Waals surface area (Å²) in [6.45, 7) is 2.39. The maximum Gasteiger partial charge on any atom is 0.261 e. The molecular formula is C20H17NO5S2. The Hall–Kier alpha value is -2.84. The molecule has 1 aliphatic heterocycles. The van der Waals surface area contributed by atoms with E-state index in [0.29, 0.717) is 22.9 Å². The van der Waals surface area contributed by atoms with Crippen molar-refractivity contribution in [2.75, 3.05) is 6.79 Å². The fraction of sp³-hybridized carbons (Fsp3) is 0.150. The molecule has 1 amide bonds. The number of fused-ring (bicyclic) bond motifs is 1. The Bertz CT molecular complexity index is 1130. The van der Waals surface area contributed by atoms with Crippen LogP contribution in [0.4, 0.5) is 0 Å². The molecule has 0 spiro atoms. The summed E-state index contributed by atoms with van der Waals surface area (Å²) in [4.78, 5) is 13.0. The Kier molecular flexibility index (Phi) is 4.82. The molecule has 0 unspecified atom stereocenters. The lowest BCUT2D eigenvalue weighted by Gasteiger charge is -2.05. The summed E-state index contributed by atoms with van der Waals surface area (Å²) in [5, 5.41) is 2.80. The standard InChI is InChI=1S/C20H17NO5S2/c1-13-2-5-15(6-3-13)28(23,24)19-9-8-18(27-19)20(22)21-11-14-4-7-16-17(10-14)26-12-25-16/h2-10H,11-12H2,1H3,(H,21,22). The molecule has 6 nitrogen and oxygen atoms in total. The van der Waals surface area contributed by atoms with Gasteiger partial charge in [-0.1, -0.05) is 23.8 Å². The van der Waals surface area contributed by atoms with Crippen molar-refractivity contribution in [3.05, 3.63) is 70.6 Å². The number of carbonyl (C=O) groups is 1. The Morgan fingerprint density at radius 1 is 1.04 bits per heavy atom. The third-order valence-corrected chi connectivity index (χ3v) is 7.64. The molecule has 0 bridgehead atoms. The summed E-state index contributed by atoms with van der Waals surface area (Å²) in [6, 6.07) is 15.1. The first-order valence-electron chi connectivity index (χ1n) is 8.52. The van der Waals surface area contributed by atoms with Crippen LogP contribution in [-0.2, 0) is 16.4 Å². The third kappa shape index (κ3) is 3.61. The zero-order valence-corrected chi connectivity index (χ0v) is 16.6. The van der Waals surface area contributed by atoms with Gasteiger partial charge in [0.2, 0.25) is 16.6 Å². The van der Waals surface area contributed by atoms with Crippen LogP contribution in [0.15, 0.2) is 63.7 Å². The molecule has 1 N–H and O–H groups in total. The second-order valence-electron chi connectivity index (χ2n) is 6.31. The number of amides is 1. The minimum absolute atomic E-state index is 0.143. The van der Waals surface area contributed by atoms with Crippen molar-refractivity contribution in [1.82, 2.24) is 5.32 Å². The van der Waals surface area contributed by atoms with Gasteiger partial charge in [-0.2, -0.15) is 0 Å². The van der Waals surface area contributed by atoms with Crippen LogP contribution in [0.5, 0.6) is 11.5 Å². The van der Waals surface area contributed by atoms with Crippen LogP contribution in [-0.4, -0.2) is 21.1 Å². The Morgan fingerprint density at radius 3 is 2.57 bits per heavy atom. The number of carbonyl (C=O) groups excluding carboxylic acids is 1. The molecule has 0 aliphatic carbocycles. The van der Waals surface area contributed by atoms with Gasteiger partial charge < -0.3 is 14.8 Å². The van der Waals surface area contributed by atoms with Crippen molar-refractivity contribution in [3.8, 4) is 11.5 Å². The lowest BCUT2D eigenvalue weighted by atomic mass is 10.2. The van der Waals surface area contributed by atoms with Gasteiger partial charge in [0.25, 0.3) is 5.91 Å². The Morgan fingerprint density at radius 2 is 1.79 bits per heavy atom. The highest BCUT2D eigenvalue weighted by Crippen LogP contribution is 2.32. The number of hydrogen-bond donors (Lipinski definition) is 1. The molecule has 0 fully saturated rings.